The van der Waals surface area contributed by atoms with Crippen molar-refractivity contribution in [1.29, 1.82) is 5.26 Å². The summed E-state index contributed by atoms with van der Waals surface area (Å²) in [5, 5.41) is 10.5. The minimum Gasteiger partial charge on any atom is -0.358 e. The molecular weight excluding hydrogens is 446 g/mol. The maximum atomic E-state index is 12.7. The van der Waals surface area contributed by atoms with E-state index in [1.165, 1.54) is 6.07 Å². The smallest absolute Gasteiger partial charge is 0.242 e. The molecule has 0 saturated heterocycles. The van der Waals surface area contributed by atoms with Gasteiger partial charge in [-0.3, -0.25) is 4.98 Å². The molecule has 1 aromatic heterocycles. The standard InChI is InChI=1S/C21H21ClF2N4O2S/c22-13-4-6-17-18(11-25)21(28(20(17)8-13)15-2-1-3-15)19-7-5-16(12-26-19)31(29,30)27-14(9-23)10-24/h4-8,12,14-15,18,21,27H,1-3,9-10H2. The monoisotopic (exact) mass is 466 g/mol. The van der Waals surface area contributed by atoms with Crippen molar-refractivity contribution in [2.24, 2.45) is 0 Å². The second kappa shape index (κ2) is 8.69. The van der Waals surface area contributed by atoms with E-state index in [1.54, 1.807) is 12.1 Å². The van der Waals surface area contributed by atoms with E-state index < -0.39 is 35.3 Å². The highest BCUT2D eigenvalue weighted by Crippen LogP contribution is 2.52. The van der Waals surface area contributed by atoms with Crippen LogP contribution in [-0.4, -0.2) is 38.8 Å². The van der Waals surface area contributed by atoms with Gasteiger partial charge in [0.15, 0.2) is 0 Å². The fraction of sp³-hybridized carbons (Fsp3) is 0.429. The molecular formula is C21H21ClF2N4O2S. The summed E-state index contributed by atoms with van der Waals surface area (Å²) in [5.41, 5.74) is 2.33. The van der Waals surface area contributed by atoms with Crippen molar-refractivity contribution < 1.29 is 17.2 Å². The van der Waals surface area contributed by atoms with Gasteiger partial charge in [0.25, 0.3) is 0 Å². The van der Waals surface area contributed by atoms with Gasteiger partial charge in [0.1, 0.15) is 18.2 Å². The number of aromatic nitrogens is 1. The first-order valence-corrected chi connectivity index (χ1v) is 11.8. The maximum absolute atomic E-state index is 12.7. The number of hydrogen-bond donors (Lipinski definition) is 1. The summed E-state index contributed by atoms with van der Waals surface area (Å²) >= 11 is 6.22. The Labute approximate surface area is 184 Å². The predicted molar refractivity (Wildman–Crippen MR) is 113 cm³/mol. The Bertz CT molecular complexity index is 1100. The lowest BCUT2D eigenvalue weighted by atomic mass is 9.88. The van der Waals surface area contributed by atoms with E-state index in [0.717, 1.165) is 36.7 Å². The van der Waals surface area contributed by atoms with Crippen LogP contribution in [0.5, 0.6) is 0 Å². The van der Waals surface area contributed by atoms with Crippen LogP contribution in [0.25, 0.3) is 0 Å². The summed E-state index contributed by atoms with van der Waals surface area (Å²) in [6, 6.07) is 9.19. The number of alkyl halides is 2. The number of hydrogen-bond acceptors (Lipinski definition) is 5. The summed E-state index contributed by atoms with van der Waals surface area (Å²) in [6.07, 6.45) is 4.24. The number of rotatable bonds is 7. The van der Waals surface area contributed by atoms with Crippen LogP contribution in [0.3, 0.4) is 0 Å². The van der Waals surface area contributed by atoms with Crippen LogP contribution in [0.15, 0.2) is 41.4 Å². The average molecular weight is 467 g/mol. The fourth-order valence-electron chi connectivity index (χ4n) is 4.14. The molecule has 1 aromatic carbocycles. The van der Waals surface area contributed by atoms with Crippen LogP contribution < -0.4 is 9.62 Å². The van der Waals surface area contributed by atoms with E-state index in [4.69, 9.17) is 11.6 Å². The second-order valence-electron chi connectivity index (χ2n) is 7.79. The van der Waals surface area contributed by atoms with E-state index in [0.29, 0.717) is 10.7 Å². The first-order valence-electron chi connectivity index (χ1n) is 9.97. The highest BCUT2D eigenvalue weighted by Gasteiger charge is 2.45. The molecule has 4 rings (SSSR count). The van der Waals surface area contributed by atoms with E-state index in [2.05, 4.69) is 16.0 Å². The third-order valence-electron chi connectivity index (χ3n) is 5.90. The van der Waals surface area contributed by atoms with Crippen LogP contribution in [0.1, 0.15) is 42.5 Å². The fourth-order valence-corrected chi connectivity index (χ4v) is 5.45. The minimum absolute atomic E-state index is 0.189. The van der Waals surface area contributed by atoms with Crippen molar-refractivity contribution in [2.75, 3.05) is 18.2 Å². The molecule has 2 aliphatic rings. The number of fused-ring (bicyclic) bond motifs is 1. The van der Waals surface area contributed by atoms with Gasteiger partial charge in [-0.05, 0) is 49.1 Å². The van der Waals surface area contributed by atoms with Gasteiger partial charge in [0, 0.05) is 22.9 Å². The molecule has 2 unspecified atom stereocenters. The van der Waals surface area contributed by atoms with Crippen molar-refractivity contribution in [1.82, 2.24) is 9.71 Å². The largest absolute Gasteiger partial charge is 0.358 e. The molecule has 1 aliphatic carbocycles. The molecule has 0 spiro atoms. The Morgan fingerprint density at radius 3 is 2.55 bits per heavy atom. The van der Waals surface area contributed by atoms with Crippen LogP contribution in [0, 0.1) is 11.3 Å². The summed E-state index contributed by atoms with van der Waals surface area (Å²) < 4.78 is 52.3. The molecule has 6 nitrogen and oxygen atoms in total. The normalized spacial score (nSPS) is 21.1. The predicted octanol–water partition coefficient (Wildman–Crippen LogP) is 4.04. The number of anilines is 1. The Morgan fingerprint density at radius 2 is 2.00 bits per heavy atom. The molecule has 1 aliphatic heterocycles. The molecule has 0 radical (unpaired) electrons. The number of nitrogens with one attached hydrogen (secondary N) is 1. The Morgan fingerprint density at radius 1 is 1.26 bits per heavy atom. The van der Waals surface area contributed by atoms with Crippen molar-refractivity contribution in [3.05, 3.63) is 52.8 Å². The summed E-state index contributed by atoms with van der Waals surface area (Å²) in [6.45, 7) is -2.30. The molecule has 31 heavy (non-hydrogen) atoms. The van der Waals surface area contributed by atoms with Crippen LogP contribution in [0.2, 0.25) is 5.02 Å². The van der Waals surface area contributed by atoms with Crippen LogP contribution in [0.4, 0.5) is 14.5 Å². The Balaban J connectivity index is 1.69. The van der Waals surface area contributed by atoms with Gasteiger partial charge in [0.2, 0.25) is 10.0 Å². The van der Waals surface area contributed by atoms with E-state index in [-0.39, 0.29) is 17.0 Å². The molecule has 1 N–H and O–H groups in total. The van der Waals surface area contributed by atoms with Crippen molar-refractivity contribution in [3.8, 4) is 6.07 Å². The average Bonchev–Trinajstić information content (AvgIpc) is 3.04. The topological polar surface area (TPSA) is 86.1 Å². The SMILES string of the molecule is N#CC1c2ccc(Cl)cc2N(C2CCC2)C1c1ccc(S(=O)(=O)NC(CF)CF)cn1. The van der Waals surface area contributed by atoms with Crippen molar-refractivity contribution in [3.63, 3.8) is 0 Å². The zero-order valence-electron chi connectivity index (χ0n) is 16.5. The Hall–Kier alpha value is -2.28. The lowest BCUT2D eigenvalue weighted by Gasteiger charge is -2.41. The molecule has 2 aromatic rings. The third-order valence-corrected chi connectivity index (χ3v) is 7.64. The first-order chi connectivity index (χ1) is 14.9. The van der Waals surface area contributed by atoms with Gasteiger partial charge in [-0.25, -0.2) is 21.9 Å². The molecule has 2 heterocycles. The highest BCUT2D eigenvalue weighted by atomic mass is 35.5. The van der Waals surface area contributed by atoms with Gasteiger partial charge >= 0.3 is 0 Å². The number of benzene rings is 1. The molecule has 164 valence electrons. The maximum Gasteiger partial charge on any atom is 0.242 e. The van der Waals surface area contributed by atoms with Crippen LogP contribution in [-0.2, 0) is 10.0 Å². The second-order valence-corrected chi connectivity index (χ2v) is 9.94. The van der Waals surface area contributed by atoms with Crippen LogP contribution >= 0.6 is 11.6 Å². The van der Waals surface area contributed by atoms with Gasteiger partial charge in [-0.1, -0.05) is 17.7 Å². The van der Waals surface area contributed by atoms with Gasteiger partial charge < -0.3 is 4.90 Å². The van der Waals surface area contributed by atoms with E-state index >= 15 is 0 Å². The summed E-state index contributed by atoms with van der Waals surface area (Å²) in [4.78, 5) is 6.33. The van der Waals surface area contributed by atoms with Gasteiger partial charge in [0.05, 0.1) is 29.8 Å². The molecule has 1 fully saturated rings. The summed E-state index contributed by atoms with van der Waals surface area (Å²) in [7, 11) is -4.11. The minimum atomic E-state index is -4.11. The summed E-state index contributed by atoms with van der Waals surface area (Å²) in [5.74, 6) is -0.483. The van der Waals surface area contributed by atoms with Crippen molar-refractivity contribution >= 4 is 27.3 Å². The first kappa shape index (κ1) is 21.9. The number of nitrogens with zero attached hydrogens (tertiary/aromatic N) is 3. The van der Waals surface area contributed by atoms with E-state index in [1.807, 2.05) is 16.9 Å². The number of pyridine rings is 1. The van der Waals surface area contributed by atoms with Gasteiger partial charge in [-0.15, -0.1) is 0 Å². The zero-order chi connectivity index (χ0) is 22.2. The van der Waals surface area contributed by atoms with E-state index in [9.17, 15) is 22.5 Å². The molecule has 10 heteroatoms. The molecule has 0 bridgehead atoms. The van der Waals surface area contributed by atoms with Crippen molar-refractivity contribution in [2.45, 2.75) is 48.2 Å². The third kappa shape index (κ3) is 4.00. The molecule has 1 saturated carbocycles. The van der Waals surface area contributed by atoms with Gasteiger partial charge in [-0.2, -0.15) is 5.26 Å². The molecule has 0 amide bonds. The quantitative estimate of drug-likeness (QED) is 0.665. The lowest BCUT2D eigenvalue weighted by Crippen LogP contribution is -2.41. The highest BCUT2D eigenvalue weighted by molar-refractivity contribution is 7.89. The lowest BCUT2D eigenvalue weighted by molar-refractivity contribution is 0.334. The number of nitriles is 1. The number of halogens is 3. The number of sulfonamides is 1. The molecule has 2 atom stereocenters. The Kier molecular flexibility index (Phi) is 6.15. The zero-order valence-corrected chi connectivity index (χ0v) is 18.1.